The molecule has 1 aliphatic heterocycles. The van der Waals surface area contributed by atoms with E-state index in [-0.39, 0.29) is 17.6 Å². The van der Waals surface area contributed by atoms with Gasteiger partial charge in [0.05, 0.1) is 17.4 Å². The van der Waals surface area contributed by atoms with Crippen LogP contribution in [0.4, 0.5) is 10.5 Å². The molecule has 3 N–H and O–H groups in total. The van der Waals surface area contributed by atoms with Crippen molar-refractivity contribution in [3.63, 3.8) is 0 Å². The fourth-order valence-electron chi connectivity index (χ4n) is 1.82. The molecule has 7 nitrogen and oxygen atoms in total. The average Bonchev–Trinajstić information content (AvgIpc) is 2.40. The molecule has 0 bridgehead atoms. The summed E-state index contributed by atoms with van der Waals surface area (Å²) in [6.45, 7) is 1.28. The van der Waals surface area contributed by atoms with Gasteiger partial charge in [-0.1, -0.05) is 0 Å². The molecule has 2 heterocycles. The van der Waals surface area contributed by atoms with E-state index in [1.165, 1.54) is 18.5 Å². The first-order chi connectivity index (χ1) is 9.15. The lowest BCUT2D eigenvalue weighted by molar-refractivity contribution is 0.0696. The van der Waals surface area contributed by atoms with E-state index in [0.29, 0.717) is 18.9 Å². The Bertz CT molecular complexity index is 472. The van der Waals surface area contributed by atoms with Gasteiger partial charge < -0.3 is 20.5 Å². The molecule has 1 aromatic rings. The second kappa shape index (κ2) is 6.14. The lowest BCUT2D eigenvalue weighted by Crippen LogP contribution is -2.41. The van der Waals surface area contributed by atoms with Crippen molar-refractivity contribution in [1.82, 2.24) is 10.3 Å². The lowest BCUT2D eigenvalue weighted by Gasteiger charge is -2.23. The number of hydrogen-bond donors (Lipinski definition) is 3. The third kappa shape index (κ3) is 3.92. The molecule has 1 fully saturated rings. The number of urea groups is 1. The quantitative estimate of drug-likeness (QED) is 0.759. The highest BCUT2D eigenvalue weighted by Gasteiger charge is 2.16. The number of anilines is 1. The second-order valence-electron chi connectivity index (χ2n) is 4.25. The minimum absolute atomic E-state index is 0.0314. The number of pyridine rings is 1. The molecule has 1 saturated heterocycles. The molecule has 1 aliphatic rings. The number of amides is 2. The van der Waals surface area contributed by atoms with Gasteiger partial charge in [-0.3, -0.25) is 4.98 Å². The number of nitrogens with one attached hydrogen (secondary N) is 2. The molecule has 1 aromatic heterocycles. The maximum Gasteiger partial charge on any atom is 0.337 e. The van der Waals surface area contributed by atoms with Gasteiger partial charge >= 0.3 is 12.0 Å². The molecule has 7 heteroatoms. The Labute approximate surface area is 110 Å². The smallest absolute Gasteiger partial charge is 0.337 e. The van der Waals surface area contributed by atoms with Gasteiger partial charge in [-0.15, -0.1) is 0 Å². The second-order valence-corrected chi connectivity index (χ2v) is 4.25. The molecule has 102 valence electrons. The van der Waals surface area contributed by atoms with E-state index in [9.17, 15) is 9.59 Å². The number of ether oxygens (including phenoxy) is 1. The fourth-order valence-corrected chi connectivity index (χ4v) is 1.82. The Morgan fingerprint density at radius 1 is 1.32 bits per heavy atom. The average molecular weight is 265 g/mol. The monoisotopic (exact) mass is 265 g/mol. The van der Waals surface area contributed by atoms with Gasteiger partial charge in [-0.2, -0.15) is 0 Å². The van der Waals surface area contributed by atoms with E-state index < -0.39 is 5.97 Å². The number of carbonyl (C=O) groups excluding carboxylic acids is 1. The van der Waals surface area contributed by atoms with Crippen molar-refractivity contribution in [3.8, 4) is 0 Å². The number of nitrogens with zero attached hydrogens (tertiary/aromatic N) is 1. The minimum atomic E-state index is -1.08. The van der Waals surface area contributed by atoms with Crippen LogP contribution in [0, 0.1) is 0 Å². The van der Waals surface area contributed by atoms with Gasteiger partial charge in [0.15, 0.2) is 0 Å². The summed E-state index contributed by atoms with van der Waals surface area (Å²) < 4.78 is 5.19. The van der Waals surface area contributed by atoms with Crippen LogP contribution in [0.5, 0.6) is 0 Å². The topological polar surface area (TPSA) is 101 Å². The molecule has 0 aliphatic carbocycles. The van der Waals surface area contributed by atoms with Gasteiger partial charge in [0.1, 0.15) is 0 Å². The first kappa shape index (κ1) is 13.3. The fraction of sp³-hybridized carbons (Fsp3) is 0.417. The van der Waals surface area contributed by atoms with Crippen LogP contribution in [0.1, 0.15) is 23.2 Å². The SMILES string of the molecule is O=C(Nc1cncc(C(=O)O)c1)NC1CCOCC1. The van der Waals surface area contributed by atoms with E-state index in [1.54, 1.807) is 0 Å². The number of aromatic nitrogens is 1. The zero-order valence-electron chi connectivity index (χ0n) is 10.3. The molecular weight excluding hydrogens is 250 g/mol. The molecule has 19 heavy (non-hydrogen) atoms. The Hall–Kier alpha value is -2.15. The van der Waals surface area contributed by atoms with Crippen molar-refractivity contribution in [3.05, 3.63) is 24.0 Å². The van der Waals surface area contributed by atoms with Crippen molar-refractivity contribution < 1.29 is 19.4 Å². The van der Waals surface area contributed by atoms with Crippen molar-refractivity contribution in [2.75, 3.05) is 18.5 Å². The number of rotatable bonds is 3. The van der Waals surface area contributed by atoms with E-state index in [2.05, 4.69) is 15.6 Å². The summed E-state index contributed by atoms with van der Waals surface area (Å²) in [4.78, 5) is 26.3. The maximum absolute atomic E-state index is 11.7. The predicted molar refractivity (Wildman–Crippen MR) is 67.2 cm³/mol. The maximum atomic E-state index is 11.7. The Morgan fingerprint density at radius 2 is 2.05 bits per heavy atom. The summed E-state index contributed by atoms with van der Waals surface area (Å²) in [6, 6.07) is 1.08. The summed E-state index contributed by atoms with van der Waals surface area (Å²) in [5.74, 6) is -1.08. The predicted octanol–water partition coefficient (Wildman–Crippen LogP) is 1.08. The van der Waals surface area contributed by atoms with Crippen molar-refractivity contribution >= 4 is 17.7 Å². The van der Waals surface area contributed by atoms with Crippen molar-refractivity contribution in [2.24, 2.45) is 0 Å². The zero-order valence-corrected chi connectivity index (χ0v) is 10.3. The first-order valence-corrected chi connectivity index (χ1v) is 5.99. The molecule has 0 atom stereocenters. The molecule has 0 radical (unpaired) electrons. The van der Waals surface area contributed by atoms with Gasteiger partial charge in [-0.05, 0) is 18.9 Å². The van der Waals surface area contributed by atoms with Crippen molar-refractivity contribution in [2.45, 2.75) is 18.9 Å². The number of aromatic carboxylic acids is 1. The molecule has 0 aromatic carbocycles. The van der Waals surface area contributed by atoms with E-state index in [1.807, 2.05) is 0 Å². The third-order valence-electron chi connectivity index (χ3n) is 2.80. The summed E-state index contributed by atoms with van der Waals surface area (Å²) >= 11 is 0. The van der Waals surface area contributed by atoms with Crippen LogP contribution in [-0.4, -0.2) is 41.3 Å². The van der Waals surface area contributed by atoms with Gasteiger partial charge in [0.25, 0.3) is 0 Å². The molecule has 2 amide bonds. The summed E-state index contributed by atoms with van der Waals surface area (Å²) in [7, 11) is 0. The summed E-state index contributed by atoms with van der Waals surface area (Å²) in [6.07, 6.45) is 4.18. The van der Waals surface area contributed by atoms with Crippen LogP contribution in [0.15, 0.2) is 18.5 Å². The van der Waals surface area contributed by atoms with E-state index in [0.717, 1.165) is 12.8 Å². The standard InChI is InChI=1S/C12H15N3O4/c16-11(17)8-5-10(7-13-6-8)15-12(18)14-9-1-3-19-4-2-9/h5-7,9H,1-4H2,(H,16,17)(H2,14,15,18). The lowest BCUT2D eigenvalue weighted by atomic mass is 10.1. The number of carboxylic acids is 1. The normalized spacial score (nSPS) is 15.8. The Kier molecular flexibility index (Phi) is 4.30. The Morgan fingerprint density at radius 3 is 2.74 bits per heavy atom. The van der Waals surface area contributed by atoms with Crippen molar-refractivity contribution in [1.29, 1.82) is 0 Å². The molecule has 0 unspecified atom stereocenters. The van der Waals surface area contributed by atoms with Crippen LogP contribution in [0.25, 0.3) is 0 Å². The highest BCUT2D eigenvalue weighted by Crippen LogP contribution is 2.10. The number of hydrogen-bond acceptors (Lipinski definition) is 4. The van der Waals surface area contributed by atoms with Crippen LogP contribution in [0.3, 0.4) is 0 Å². The van der Waals surface area contributed by atoms with E-state index >= 15 is 0 Å². The van der Waals surface area contributed by atoms with Gasteiger partial charge in [0.2, 0.25) is 0 Å². The molecule has 0 spiro atoms. The zero-order chi connectivity index (χ0) is 13.7. The first-order valence-electron chi connectivity index (χ1n) is 5.99. The van der Waals surface area contributed by atoms with Crippen LogP contribution < -0.4 is 10.6 Å². The molecule has 2 rings (SSSR count). The number of carbonyl (C=O) groups is 2. The molecular formula is C12H15N3O4. The van der Waals surface area contributed by atoms with Gasteiger partial charge in [0, 0.05) is 25.5 Å². The number of carboxylic acid groups (broad SMARTS) is 1. The largest absolute Gasteiger partial charge is 0.478 e. The van der Waals surface area contributed by atoms with Crippen LogP contribution >= 0.6 is 0 Å². The highest BCUT2D eigenvalue weighted by molar-refractivity contribution is 5.92. The minimum Gasteiger partial charge on any atom is -0.478 e. The van der Waals surface area contributed by atoms with Crippen LogP contribution in [-0.2, 0) is 4.74 Å². The Balaban J connectivity index is 1.90. The third-order valence-corrected chi connectivity index (χ3v) is 2.80. The highest BCUT2D eigenvalue weighted by atomic mass is 16.5. The summed E-state index contributed by atoms with van der Waals surface area (Å²) in [5.41, 5.74) is 0.383. The molecule has 0 saturated carbocycles. The van der Waals surface area contributed by atoms with Crippen LogP contribution in [0.2, 0.25) is 0 Å². The summed E-state index contributed by atoms with van der Waals surface area (Å²) in [5, 5.41) is 14.2. The van der Waals surface area contributed by atoms with Gasteiger partial charge in [-0.25, -0.2) is 9.59 Å². The van der Waals surface area contributed by atoms with E-state index in [4.69, 9.17) is 9.84 Å².